The lowest BCUT2D eigenvalue weighted by atomic mass is 10.1. The quantitative estimate of drug-likeness (QED) is 0.848. The third kappa shape index (κ3) is 4.09. The summed E-state index contributed by atoms with van der Waals surface area (Å²) < 4.78 is 10.4. The van der Waals surface area contributed by atoms with E-state index in [1.54, 1.807) is 26.4 Å². The van der Waals surface area contributed by atoms with Gasteiger partial charge in [-0.3, -0.25) is 4.79 Å². The van der Waals surface area contributed by atoms with Crippen LogP contribution >= 0.6 is 12.4 Å². The highest BCUT2D eigenvalue weighted by Gasteiger charge is 2.14. The number of nitrogens with one attached hydrogen (secondary N) is 1. The summed E-state index contributed by atoms with van der Waals surface area (Å²) in [5.41, 5.74) is 6.11. The molecule has 1 atom stereocenters. The molecule has 0 aliphatic heterocycles. The summed E-state index contributed by atoms with van der Waals surface area (Å²) in [4.78, 5) is 11.2. The van der Waals surface area contributed by atoms with Crippen LogP contribution in [0, 0.1) is 0 Å². The molecule has 1 amide bonds. The number of amides is 1. The highest BCUT2D eigenvalue weighted by Crippen LogP contribution is 2.28. The Kier molecular flexibility index (Phi) is 7.16. The molecule has 0 saturated heterocycles. The summed E-state index contributed by atoms with van der Waals surface area (Å²) in [5, 5.41) is 2.77. The molecule has 0 heterocycles. The Labute approximate surface area is 113 Å². The molecule has 18 heavy (non-hydrogen) atoms. The van der Waals surface area contributed by atoms with E-state index in [-0.39, 0.29) is 30.9 Å². The zero-order chi connectivity index (χ0) is 12.8. The molecule has 0 bridgehead atoms. The minimum atomic E-state index is -0.206. The van der Waals surface area contributed by atoms with Gasteiger partial charge in [0.15, 0.2) is 0 Å². The predicted octanol–water partition coefficient (Wildman–Crippen LogP) is 1.26. The van der Waals surface area contributed by atoms with Crippen molar-refractivity contribution < 1.29 is 14.3 Å². The molecule has 0 fully saturated rings. The molecule has 102 valence electrons. The number of carbonyl (C=O) groups is 1. The molecule has 1 unspecified atom stereocenters. The molecule has 0 aliphatic carbocycles. The van der Waals surface area contributed by atoms with Gasteiger partial charge in [-0.05, 0) is 25.1 Å². The van der Waals surface area contributed by atoms with Crippen LogP contribution in [0.4, 0.5) is 0 Å². The Morgan fingerprint density at radius 3 is 2.56 bits per heavy atom. The highest BCUT2D eigenvalue weighted by molar-refractivity contribution is 5.85. The van der Waals surface area contributed by atoms with Crippen molar-refractivity contribution in [2.75, 3.05) is 20.8 Å². The second kappa shape index (κ2) is 7.79. The number of carbonyl (C=O) groups excluding carboxylic acids is 1. The topological polar surface area (TPSA) is 73.6 Å². The average molecular weight is 275 g/mol. The molecule has 0 aromatic heterocycles. The van der Waals surface area contributed by atoms with Gasteiger partial charge < -0.3 is 20.5 Å². The number of hydrogen-bond donors (Lipinski definition) is 2. The predicted molar refractivity (Wildman–Crippen MR) is 72.4 cm³/mol. The number of hydrogen-bond acceptors (Lipinski definition) is 4. The highest BCUT2D eigenvalue weighted by atomic mass is 35.5. The number of rotatable bonds is 5. The van der Waals surface area contributed by atoms with Crippen LogP contribution in [0.5, 0.6) is 11.5 Å². The molecule has 0 radical (unpaired) electrons. The van der Waals surface area contributed by atoms with E-state index < -0.39 is 0 Å². The molecule has 0 saturated carbocycles. The molecule has 0 aliphatic rings. The van der Waals surface area contributed by atoms with Crippen molar-refractivity contribution in [3.05, 3.63) is 23.8 Å². The Morgan fingerprint density at radius 2 is 2.06 bits per heavy atom. The first-order valence-electron chi connectivity index (χ1n) is 5.33. The van der Waals surface area contributed by atoms with Crippen molar-refractivity contribution in [3.63, 3.8) is 0 Å². The third-order valence-electron chi connectivity index (χ3n) is 2.47. The maximum absolute atomic E-state index is 11.2. The van der Waals surface area contributed by atoms with Gasteiger partial charge in [0.1, 0.15) is 11.5 Å². The third-order valence-corrected chi connectivity index (χ3v) is 2.47. The summed E-state index contributed by atoms with van der Waals surface area (Å²) in [7, 11) is 3.18. The standard InChI is InChI=1S/C12H18N2O3.ClH/c1-8(14-12(15)7-13)10-6-9(16-2)4-5-11(10)17-3;/h4-6,8H,7,13H2,1-3H3,(H,14,15);1H. The summed E-state index contributed by atoms with van der Waals surface area (Å²) in [5.74, 6) is 1.22. The lowest BCUT2D eigenvalue weighted by molar-refractivity contribution is -0.120. The largest absolute Gasteiger partial charge is 0.497 e. The second-order valence-electron chi connectivity index (χ2n) is 3.60. The fourth-order valence-corrected chi connectivity index (χ4v) is 1.56. The molecule has 1 aromatic carbocycles. The van der Waals surface area contributed by atoms with E-state index in [1.165, 1.54) is 0 Å². The monoisotopic (exact) mass is 274 g/mol. The van der Waals surface area contributed by atoms with Crippen LogP contribution in [0.25, 0.3) is 0 Å². The Bertz CT molecular complexity index is 399. The van der Waals surface area contributed by atoms with Gasteiger partial charge in [-0.1, -0.05) is 0 Å². The fourth-order valence-electron chi connectivity index (χ4n) is 1.56. The lowest BCUT2D eigenvalue weighted by Gasteiger charge is -2.17. The fraction of sp³-hybridized carbons (Fsp3) is 0.417. The van der Waals surface area contributed by atoms with Crippen molar-refractivity contribution in [2.45, 2.75) is 13.0 Å². The van der Waals surface area contributed by atoms with Crippen molar-refractivity contribution in [2.24, 2.45) is 5.73 Å². The molecular weight excluding hydrogens is 256 g/mol. The smallest absolute Gasteiger partial charge is 0.234 e. The van der Waals surface area contributed by atoms with Crippen LogP contribution in [-0.4, -0.2) is 26.7 Å². The summed E-state index contributed by atoms with van der Waals surface area (Å²) in [6, 6.07) is 5.26. The van der Waals surface area contributed by atoms with Crippen LogP contribution in [0.1, 0.15) is 18.5 Å². The van der Waals surface area contributed by atoms with Gasteiger partial charge in [-0.25, -0.2) is 0 Å². The summed E-state index contributed by atoms with van der Waals surface area (Å²) in [6.45, 7) is 1.83. The van der Waals surface area contributed by atoms with Crippen LogP contribution in [0.3, 0.4) is 0 Å². The first-order valence-corrected chi connectivity index (χ1v) is 5.33. The summed E-state index contributed by atoms with van der Waals surface area (Å²) in [6.07, 6.45) is 0. The number of halogens is 1. The first-order chi connectivity index (χ1) is 8.12. The van der Waals surface area contributed by atoms with Crippen LogP contribution in [0.2, 0.25) is 0 Å². The molecule has 0 spiro atoms. The van der Waals surface area contributed by atoms with Gasteiger partial charge in [0, 0.05) is 5.56 Å². The SMILES string of the molecule is COc1ccc(OC)c(C(C)NC(=O)CN)c1.Cl. The van der Waals surface area contributed by atoms with Crippen LogP contribution in [0.15, 0.2) is 18.2 Å². The van der Waals surface area contributed by atoms with Gasteiger partial charge in [0.05, 0.1) is 26.8 Å². The molecule has 6 heteroatoms. The van der Waals surface area contributed by atoms with Crippen molar-refractivity contribution in [1.82, 2.24) is 5.32 Å². The number of benzene rings is 1. The van der Waals surface area contributed by atoms with E-state index >= 15 is 0 Å². The van der Waals surface area contributed by atoms with E-state index in [0.29, 0.717) is 5.75 Å². The van der Waals surface area contributed by atoms with Crippen molar-refractivity contribution >= 4 is 18.3 Å². The van der Waals surface area contributed by atoms with E-state index in [1.807, 2.05) is 13.0 Å². The molecule has 1 aromatic rings. The van der Waals surface area contributed by atoms with E-state index in [0.717, 1.165) is 11.3 Å². The summed E-state index contributed by atoms with van der Waals surface area (Å²) >= 11 is 0. The average Bonchev–Trinajstić information content (AvgIpc) is 2.37. The van der Waals surface area contributed by atoms with Crippen LogP contribution < -0.4 is 20.5 Å². The number of ether oxygens (including phenoxy) is 2. The molecule has 1 rings (SSSR count). The van der Waals surface area contributed by atoms with E-state index in [2.05, 4.69) is 5.32 Å². The lowest BCUT2D eigenvalue weighted by Crippen LogP contribution is -2.32. The zero-order valence-corrected chi connectivity index (χ0v) is 11.5. The molecule has 5 nitrogen and oxygen atoms in total. The molecular formula is C12H19ClN2O3. The number of nitrogens with two attached hydrogens (primary N) is 1. The van der Waals surface area contributed by atoms with E-state index in [4.69, 9.17) is 15.2 Å². The molecule has 3 N–H and O–H groups in total. The maximum atomic E-state index is 11.2. The van der Waals surface area contributed by atoms with E-state index in [9.17, 15) is 4.79 Å². The normalized spacial score (nSPS) is 11.1. The minimum absolute atomic E-state index is 0. The second-order valence-corrected chi connectivity index (χ2v) is 3.60. The van der Waals surface area contributed by atoms with Crippen molar-refractivity contribution in [1.29, 1.82) is 0 Å². The minimum Gasteiger partial charge on any atom is -0.497 e. The van der Waals surface area contributed by atoms with Gasteiger partial charge in [0.2, 0.25) is 5.91 Å². The van der Waals surface area contributed by atoms with Crippen molar-refractivity contribution in [3.8, 4) is 11.5 Å². The van der Waals surface area contributed by atoms with Crippen LogP contribution in [-0.2, 0) is 4.79 Å². The first kappa shape index (κ1) is 16.5. The Balaban J connectivity index is 0.00000289. The van der Waals surface area contributed by atoms with Gasteiger partial charge in [-0.15, -0.1) is 12.4 Å². The maximum Gasteiger partial charge on any atom is 0.234 e. The van der Waals surface area contributed by atoms with Gasteiger partial charge >= 0.3 is 0 Å². The van der Waals surface area contributed by atoms with Gasteiger partial charge in [-0.2, -0.15) is 0 Å². The number of methoxy groups -OCH3 is 2. The Hall–Kier alpha value is -1.46. The zero-order valence-electron chi connectivity index (χ0n) is 10.7. The van der Waals surface area contributed by atoms with Gasteiger partial charge in [0.25, 0.3) is 0 Å². The Morgan fingerprint density at radius 1 is 1.39 bits per heavy atom.